The number of phenols is 2. The molecule has 0 saturated carbocycles. The van der Waals surface area contributed by atoms with E-state index in [2.05, 4.69) is 9.80 Å². The smallest absolute Gasteiger partial charge is 0.167 e. The first kappa shape index (κ1) is 25.1. The molecular formula is C30H31FN2O4. The van der Waals surface area contributed by atoms with Gasteiger partial charge in [0.2, 0.25) is 0 Å². The maximum absolute atomic E-state index is 14.8. The number of aromatic hydroxyl groups is 2. The Morgan fingerprint density at radius 1 is 0.811 bits per heavy atom. The lowest BCUT2D eigenvalue weighted by atomic mass is 9.67. The number of hydrogen-bond donors (Lipinski definition) is 2. The molecule has 6 nitrogen and oxygen atoms in total. The van der Waals surface area contributed by atoms with Crippen molar-refractivity contribution in [1.29, 1.82) is 0 Å². The SMILES string of the molecule is Cc1c(F)cccc1[C@H]1[C@@H](C(=O)c2cccc(O)c2)CN(C2CN(C)C2)C[C@H]1C(=O)c1cccc(O)c1. The fraction of sp³-hybridized carbons (Fsp3) is 0.333. The summed E-state index contributed by atoms with van der Waals surface area (Å²) in [5.41, 5.74) is 1.79. The molecule has 192 valence electrons. The van der Waals surface area contributed by atoms with Crippen molar-refractivity contribution in [3.8, 4) is 11.5 Å². The van der Waals surface area contributed by atoms with Gasteiger partial charge in [0, 0.05) is 61.1 Å². The maximum Gasteiger partial charge on any atom is 0.167 e. The first-order valence-electron chi connectivity index (χ1n) is 12.6. The van der Waals surface area contributed by atoms with Crippen LogP contribution in [0.5, 0.6) is 11.5 Å². The van der Waals surface area contributed by atoms with Gasteiger partial charge in [-0.3, -0.25) is 14.5 Å². The monoisotopic (exact) mass is 502 g/mol. The number of rotatable bonds is 6. The van der Waals surface area contributed by atoms with Crippen molar-refractivity contribution in [2.75, 3.05) is 33.2 Å². The van der Waals surface area contributed by atoms with Gasteiger partial charge in [-0.1, -0.05) is 36.4 Å². The van der Waals surface area contributed by atoms with E-state index in [1.54, 1.807) is 43.3 Å². The molecule has 2 heterocycles. The summed E-state index contributed by atoms with van der Waals surface area (Å²) in [7, 11) is 2.03. The van der Waals surface area contributed by atoms with Crippen LogP contribution in [0.3, 0.4) is 0 Å². The Hall–Kier alpha value is -3.55. The number of Topliss-reactive ketones (excluding diaryl/α,β-unsaturated/α-hetero) is 2. The van der Waals surface area contributed by atoms with Crippen LogP contribution in [0.25, 0.3) is 0 Å². The van der Waals surface area contributed by atoms with E-state index in [-0.39, 0.29) is 34.9 Å². The molecule has 0 aromatic heterocycles. The topological polar surface area (TPSA) is 81.1 Å². The highest BCUT2D eigenvalue weighted by Crippen LogP contribution is 2.43. The summed E-state index contributed by atoms with van der Waals surface area (Å²) in [6.07, 6.45) is 0. The van der Waals surface area contributed by atoms with Crippen LogP contribution >= 0.6 is 0 Å². The highest BCUT2D eigenvalue weighted by molar-refractivity contribution is 6.02. The molecule has 2 fully saturated rings. The Bertz CT molecular complexity index is 1270. The zero-order chi connectivity index (χ0) is 26.3. The Kier molecular flexibility index (Phi) is 6.84. The number of carbonyl (C=O) groups excluding carboxylic acids is 2. The van der Waals surface area contributed by atoms with Crippen molar-refractivity contribution in [3.05, 3.63) is 94.8 Å². The second kappa shape index (κ2) is 10.1. The predicted octanol–water partition coefficient (Wildman–Crippen LogP) is 4.26. The van der Waals surface area contributed by atoms with E-state index < -0.39 is 17.8 Å². The van der Waals surface area contributed by atoms with Crippen molar-refractivity contribution in [2.24, 2.45) is 11.8 Å². The molecule has 0 spiro atoms. The average molecular weight is 503 g/mol. The number of phenolic OH excluding ortho intramolecular Hbond substituents is 2. The summed E-state index contributed by atoms with van der Waals surface area (Å²) < 4.78 is 14.8. The van der Waals surface area contributed by atoms with Crippen LogP contribution in [-0.2, 0) is 0 Å². The molecule has 0 radical (unpaired) electrons. The van der Waals surface area contributed by atoms with E-state index in [1.165, 1.54) is 30.3 Å². The lowest BCUT2D eigenvalue weighted by Crippen LogP contribution is -2.63. The highest BCUT2D eigenvalue weighted by atomic mass is 19.1. The maximum atomic E-state index is 14.8. The second-order valence-electron chi connectivity index (χ2n) is 10.4. The molecular weight excluding hydrogens is 471 g/mol. The van der Waals surface area contributed by atoms with Crippen LogP contribution in [0, 0.1) is 24.6 Å². The van der Waals surface area contributed by atoms with Crippen LogP contribution in [0.1, 0.15) is 37.8 Å². The van der Waals surface area contributed by atoms with E-state index in [1.807, 2.05) is 7.05 Å². The van der Waals surface area contributed by atoms with Crippen molar-refractivity contribution < 1.29 is 24.2 Å². The number of likely N-dealkylation sites (tertiary alicyclic amines) is 2. The first-order chi connectivity index (χ1) is 17.7. The van der Waals surface area contributed by atoms with E-state index >= 15 is 0 Å². The van der Waals surface area contributed by atoms with Gasteiger partial charge in [-0.15, -0.1) is 0 Å². The van der Waals surface area contributed by atoms with Crippen LogP contribution in [0.2, 0.25) is 0 Å². The Morgan fingerprint density at radius 3 is 1.81 bits per heavy atom. The molecule has 2 aliphatic rings. The standard InChI is InChI=1S/C30H31FN2O4/c1-18-24(10-5-11-27(18)31)28-25(29(36)19-6-3-8-22(34)12-19)16-33(21-14-32(2)15-21)17-26(28)30(37)20-7-4-9-23(35)13-20/h3-13,21,25-26,28,34-35H,14-17H2,1-2H3/t25-,26+,28-. The zero-order valence-electron chi connectivity index (χ0n) is 21.0. The molecule has 3 aromatic carbocycles. The molecule has 5 rings (SSSR count). The quantitative estimate of drug-likeness (QED) is 0.491. The lowest BCUT2D eigenvalue weighted by Gasteiger charge is -2.50. The normalized spacial score (nSPS) is 22.9. The van der Waals surface area contributed by atoms with Crippen molar-refractivity contribution in [2.45, 2.75) is 18.9 Å². The number of ketones is 2. The number of carbonyl (C=O) groups is 2. The second-order valence-corrected chi connectivity index (χ2v) is 10.4. The summed E-state index contributed by atoms with van der Waals surface area (Å²) in [4.78, 5) is 32.5. The van der Waals surface area contributed by atoms with Gasteiger partial charge < -0.3 is 15.1 Å². The van der Waals surface area contributed by atoms with Crippen LogP contribution < -0.4 is 0 Å². The lowest BCUT2D eigenvalue weighted by molar-refractivity contribution is 0.00160. The molecule has 0 aliphatic carbocycles. The third-order valence-corrected chi connectivity index (χ3v) is 7.89. The van der Waals surface area contributed by atoms with Crippen molar-refractivity contribution in [1.82, 2.24) is 9.80 Å². The Morgan fingerprint density at radius 2 is 1.32 bits per heavy atom. The molecule has 2 aliphatic heterocycles. The van der Waals surface area contributed by atoms with Gasteiger partial charge in [-0.25, -0.2) is 4.39 Å². The summed E-state index contributed by atoms with van der Waals surface area (Å²) in [6, 6.07) is 17.5. The number of halogens is 1. The number of likely N-dealkylation sites (N-methyl/N-ethyl adjacent to an activating group) is 1. The van der Waals surface area contributed by atoms with Crippen molar-refractivity contribution in [3.63, 3.8) is 0 Å². The van der Waals surface area contributed by atoms with Gasteiger partial charge in [0.1, 0.15) is 17.3 Å². The highest BCUT2D eigenvalue weighted by Gasteiger charge is 2.48. The van der Waals surface area contributed by atoms with Gasteiger partial charge in [0.05, 0.1) is 0 Å². The Labute approximate surface area is 216 Å². The number of hydrogen-bond acceptors (Lipinski definition) is 6. The van der Waals surface area contributed by atoms with Crippen LogP contribution in [0.15, 0.2) is 66.7 Å². The molecule has 2 N–H and O–H groups in total. The predicted molar refractivity (Wildman–Crippen MR) is 139 cm³/mol. The number of benzene rings is 3. The largest absolute Gasteiger partial charge is 0.508 e. The van der Waals surface area contributed by atoms with Gasteiger partial charge in [-0.05, 0) is 55.4 Å². The van der Waals surface area contributed by atoms with Crippen LogP contribution in [0.4, 0.5) is 4.39 Å². The van der Waals surface area contributed by atoms with E-state index in [4.69, 9.17) is 0 Å². The molecule has 2 saturated heterocycles. The Balaban J connectivity index is 1.64. The third kappa shape index (κ3) is 4.89. The summed E-state index contributed by atoms with van der Waals surface area (Å²) >= 11 is 0. The summed E-state index contributed by atoms with van der Waals surface area (Å²) in [6.45, 7) is 4.21. The molecule has 37 heavy (non-hydrogen) atoms. The minimum atomic E-state index is -0.631. The molecule has 0 amide bonds. The van der Waals surface area contributed by atoms with Crippen molar-refractivity contribution >= 4 is 11.6 Å². The van der Waals surface area contributed by atoms with Crippen LogP contribution in [-0.4, -0.2) is 70.8 Å². The van der Waals surface area contributed by atoms with Gasteiger partial charge in [0.25, 0.3) is 0 Å². The summed E-state index contributed by atoms with van der Waals surface area (Å²) in [5.74, 6) is -2.61. The van der Waals surface area contributed by atoms with Gasteiger partial charge >= 0.3 is 0 Å². The fourth-order valence-electron chi connectivity index (χ4n) is 5.94. The van der Waals surface area contributed by atoms with E-state index in [0.29, 0.717) is 35.3 Å². The van der Waals surface area contributed by atoms with Gasteiger partial charge in [0.15, 0.2) is 11.6 Å². The molecule has 7 heteroatoms. The summed E-state index contributed by atoms with van der Waals surface area (Å²) in [5, 5.41) is 20.1. The molecule has 3 aromatic rings. The number of nitrogens with zero attached hydrogens (tertiary/aromatic N) is 2. The molecule has 0 bridgehead atoms. The molecule has 0 unspecified atom stereocenters. The first-order valence-corrected chi connectivity index (χ1v) is 12.6. The fourth-order valence-corrected chi connectivity index (χ4v) is 5.94. The molecule has 3 atom stereocenters. The zero-order valence-corrected chi connectivity index (χ0v) is 21.0. The van der Waals surface area contributed by atoms with E-state index in [0.717, 1.165) is 13.1 Å². The minimum Gasteiger partial charge on any atom is -0.508 e. The average Bonchev–Trinajstić information content (AvgIpc) is 2.87. The van der Waals surface area contributed by atoms with Gasteiger partial charge in [-0.2, -0.15) is 0 Å². The third-order valence-electron chi connectivity index (χ3n) is 7.89. The van der Waals surface area contributed by atoms with E-state index in [9.17, 15) is 24.2 Å². The number of piperidine rings is 1. The minimum absolute atomic E-state index is 0.00925.